The van der Waals surface area contributed by atoms with Gasteiger partial charge in [-0.05, 0) is 61.4 Å². The highest BCUT2D eigenvalue weighted by Crippen LogP contribution is 2.54. The van der Waals surface area contributed by atoms with Crippen LogP contribution in [-0.4, -0.2) is 74.2 Å². The van der Waals surface area contributed by atoms with Crippen LogP contribution in [0.2, 0.25) is 0 Å². The lowest BCUT2D eigenvalue weighted by Crippen LogP contribution is -2.56. The summed E-state index contributed by atoms with van der Waals surface area (Å²) < 4.78 is 57.1. The molecule has 1 spiro atoms. The Morgan fingerprint density at radius 2 is 1.80 bits per heavy atom. The number of hydrogen-bond acceptors (Lipinski definition) is 7. The number of aryl methyl sites for hydroxylation is 1. The molecule has 6 rings (SSSR count). The van der Waals surface area contributed by atoms with Crippen LogP contribution in [-0.2, 0) is 17.1 Å². The molecule has 1 aliphatic carbocycles. The lowest BCUT2D eigenvalue weighted by atomic mass is 9.93. The summed E-state index contributed by atoms with van der Waals surface area (Å²) in [7, 11) is -2.08. The van der Waals surface area contributed by atoms with E-state index in [-0.39, 0.29) is 23.9 Å². The van der Waals surface area contributed by atoms with Crippen LogP contribution in [0.3, 0.4) is 0 Å². The van der Waals surface area contributed by atoms with E-state index in [1.54, 1.807) is 6.07 Å². The van der Waals surface area contributed by atoms with Crippen molar-refractivity contribution in [2.75, 3.05) is 54.4 Å². The maximum absolute atomic E-state index is 13.7. The van der Waals surface area contributed by atoms with Crippen LogP contribution in [0.15, 0.2) is 41.4 Å². The first-order chi connectivity index (χ1) is 19.0. The summed E-state index contributed by atoms with van der Waals surface area (Å²) >= 11 is 0. The molecule has 0 unspecified atom stereocenters. The zero-order valence-corrected chi connectivity index (χ0v) is 23.0. The van der Waals surface area contributed by atoms with E-state index in [0.717, 1.165) is 18.2 Å². The number of carbonyl (C=O) groups is 1. The molecule has 2 aromatic heterocycles. The van der Waals surface area contributed by atoms with E-state index in [1.165, 1.54) is 35.9 Å². The number of aromatic nitrogens is 2. The quantitative estimate of drug-likeness (QED) is 0.379. The smallest absolute Gasteiger partial charge is 0.282 e. The number of fused-ring (bicyclic) bond motifs is 1. The van der Waals surface area contributed by atoms with Gasteiger partial charge in [-0.25, -0.2) is 26.9 Å². The third-order valence-corrected chi connectivity index (χ3v) is 9.73. The monoisotopic (exact) mass is 574 g/mol. The van der Waals surface area contributed by atoms with Crippen molar-refractivity contribution in [2.45, 2.75) is 36.5 Å². The number of nitrogens with one attached hydrogen (secondary N) is 2. The molecule has 4 heterocycles. The molecule has 214 valence electrons. The predicted molar refractivity (Wildman–Crippen MR) is 148 cm³/mol. The van der Waals surface area contributed by atoms with Gasteiger partial charge in [-0.15, -0.1) is 0 Å². The summed E-state index contributed by atoms with van der Waals surface area (Å²) in [5, 5.41) is 12.7. The molecule has 0 atom stereocenters. The standard InChI is InChI=1S/C27H32F2N6O4S/c1-33-10-4-18-14-22(31-24(23(18)33)35-16-27(28,29)17-35)32-25(37)20-3-2-19(40(38,39)30-9-13-36)15-21(20)34-11-7-26(5-6-26)8-12-34/h2-4,10,14-15,30,36H,5-9,11-13,16-17H2,1H3,(H,31,32,37). The maximum atomic E-state index is 13.7. The molecule has 2 aliphatic heterocycles. The normalized spacial score (nSPS) is 19.6. The van der Waals surface area contributed by atoms with Crippen molar-refractivity contribution >= 4 is 44.2 Å². The second-order valence-electron chi connectivity index (χ2n) is 11.1. The highest BCUT2D eigenvalue weighted by atomic mass is 32.2. The topological polar surface area (TPSA) is 120 Å². The number of halogens is 2. The predicted octanol–water partition coefficient (Wildman–Crippen LogP) is 2.93. The van der Waals surface area contributed by atoms with Crippen LogP contribution in [0.1, 0.15) is 36.0 Å². The number of aliphatic hydroxyl groups is 1. The first-order valence-electron chi connectivity index (χ1n) is 13.4. The third kappa shape index (κ3) is 5.01. The molecule has 1 aromatic carbocycles. The van der Waals surface area contributed by atoms with Gasteiger partial charge in [0.25, 0.3) is 11.8 Å². The molecular formula is C27H32F2N6O4S. The van der Waals surface area contributed by atoms with E-state index in [2.05, 4.69) is 15.0 Å². The van der Waals surface area contributed by atoms with E-state index >= 15 is 0 Å². The van der Waals surface area contributed by atoms with Gasteiger partial charge < -0.3 is 24.8 Å². The molecule has 1 amide bonds. The van der Waals surface area contributed by atoms with Gasteiger partial charge in [0, 0.05) is 38.3 Å². The number of hydrogen-bond donors (Lipinski definition) is 3. The van der Waals surface area contributed by atoms with Crippen LogP contribution in [0, 0.1) is 5.41 Å². The molecular weight excluding hydrogens is 542 g/mol. The molecule has 0 bridgehead atoms. The molecule has 1 saturated carbocycles. The minimum atomic E-state index is -3.89. The van der Waals surface area contributed by atoms with E-state index in [4.69, 9.17) is 5.11 Å². The summed E-state index contributed by atoms with van der Waals surface area (Å²) in [6.45, 7) is 0.0590. The van der Waals surface area contributed by atoms with Crippen molar-refractivity contribution in [2.24, 2.45) is 12.5 Å². The SMILES string of the molecule is Cn1ccc2cc(NC(=O)c3ccc(S(=O)(=O)NCCO)cc3N3CCC4(CC3)CC4)nc(N3CC(F)(F)C3)c21. The van der Waals surface area contributed by atoms with Gasteiger partial charge in [-0.3, -0.25) is 4.79 Å². The van der Waals surface area contributed by atoms with Gasteiger partial charge in [-0.1, -0.05) is 0 Å². The van der Waals surface area contributed by atoms with Gasteiger partial charge >= 0.3 is 0 Å². The Hall–Kier alpha value is -3.29. The minimum absolute atomic E-state index is 0.00374. The second kappa shape index (κ2) is 9.67. The number of benzene rings is 1. The Morgan fingerprint density at radius 3 is 2.45 bits per heavy atom. The zero-order valence-electron chi connectivity index (χ0n) is 22.2. The van der Waals surface area contributed by atoms with E-state index in [0.29, 0.717) is 41.1 Å². The number of alkyl halides is 2. The second-order valence-corrected chi connectivity index (χ2v) is 12.9. The van der Waals surface area contributed by atoms with Gasteiger partial charge in [0.1, 0.15) is 5.82 Å². The van der Waals surface area contributed by atoms with Crippen LogP contribution in [0.4, 0.5) is 26.1 Å². The number of rotatable bonds is 8. The first-order valence-corrected chi connectivity index (χ1v) is 14.9. The number of sulfonamides is 1. The molecule has 3 N–H and O–H groups in total. The third-order valence-electron chi connectivity index (χ3n) is 8.27. The molecule has 40 heavy (non-hydrogen) atoms. The van der Waals surface area contributed by atoms with Crippen LogP contribution < -0.4 is 19.8 Å². The maximum Gasteiger partial charge on any atom is 0.282 e. The fourth-order valence-corrected chi connectivity index (χ4v) is 6.76. The lowest BCUT2D eigenvalue weighted by Gasteiger charge is -2.40. The summed E-state index contributed by atoms with van der Waals surface area (Å²) in [5.41, 5.74) is 1.87. The largest absolute Gasteiger partial charge is 0.395 e. The number of piperidine rings is 1. The fraction of sp³-hybridized carbons (Fsp3) is 0.481. The fourth-order valence-electron chi connectivity index (χ4n) is 5.72. The van der Waals surface area contributed by atoms with Gasteiger partial charge in [0.05, 0.1) is 41.4 Å². The van der Waals surface area contributed by atoms with Crippen molar-refractivity contribution in [3.8, 4) is 0 Å². The Balaban J connectivity index is 1.33. The van der Waals surface area contributed by atoms with E-state index in [9.17, 15) is 22.0 Å². The highest BCUT2D eigenvalue weighted by Gasteiger charge is 2.46. The Kier molecular flexibility index (Phi) is 6.50. The zero-order chi connectivity index (χ0) is 28.3. The highest BCUT2D eigenvalue weighted by molar-refractivity contribution is 7.89. The molecule has 3 aromatic rings. The van der Waals surface area contributed by atoms with Crippen LogP contribution >= 0.6 is 0 Å². The van der Waals surface area contributed by atoms with Crippen molar-refractivity contribution < 1.29 is 27.1 Å². The summed E-state index contributed by atoms with van der Waals surface area (Å²) in [6, 6.07) is 7.88. The van der Waals surface area contributed by atoms with Gasteiger partial charge in [0.15, 0.2) is 5.82 Å². The summed E-state index contributed by atoms with van der Waals surface area (Å²) in [6.07, 6.45) is 6.16. The lowest BCUT2D eigenvalue weighted by molar-refractivity contribution is -0.0265. The molecule has 0 radical (unpaired) electrons. The van der Waals surface area contributed by atoms with Gasteiger partial charge in [0.2, 0.25) is 10.0 Å². The number of carbonyl (C=O) groups excluding carboxylic acids is 1. The molecule has 2 saturated heterocycles. The molecule has 3 fully saturated rings. The number of nitrogens with zero attached hydrogens (tertiary/aromatic N) is 4. The molecule has 3 aliphatic rings. The number of pyridine rings is 1. The van der Waals surface area contributed by atoms with Crippen molar-refractivity contribution in [1.29, 1.82) is 0 Å². The van der Waals surface area contributed by atoms with Crippen molar-refractivity contribution in [1.82, 2.24) is 14.3 Å². The average molecular weight is 575 g/mol. The molecule has 13 heteroatoms. The van der Waals surface area contributed by atoms with Crippen LogP contribution in [0.25, 0.3) is 10.9 Å². The Labute approximate surface area is 231 Å². The average Bonchev–Trinajstić information content (AvgIpc) is 3.56. The number of amides is 1. The Bertz CT molecular complexity index is 1570. The van der Waals surface area contributed by atoms with Gasteiger partial charge in [-0.2, -0.15) is 0 Å². The first kappa shape index (κ1) is 26.9. The summed E-state index contributed by atoms with van der Waals surface area (Å²) in [5.74, 6) is -2.67. The minimum Gasteiger partial charge on any atom is -0.395 e. The van der Waals surface area contributed by atoms with Crippen molar-refractivity contribution in [3.05, 3.63) is 42.1 Å². The molecule has 10 nitrogen and oxygen atoms in total. The Morgan fingerprint density at radius 1 is 1.07 bits per heavy atom. The summed E-state index contributed by atoms with van der Waals surface area (Å²) in [4.78, 5) is 21.7. The van der Waals surface area contributed by atoms with E-state index in [1.807, 2.05) is 28.8 Å². The van der Waals surface area contributed by atoms with Crippen molar-refractivity contribution in [3.63, 3.8) is 0 Å². The van der Waals surface area contributed by atoms with Crippen LogP contribution in [0.5, 0.6) is 0 Å². The number of aliphatic hydroxyl groups excluding tert-OH is 1. The van der Waals surface area contributed by atoms with E-state index < -0.39 is 34.9 Å². The number of anilines is 3.